The Labute approximate surface area is 88.7 Å². The number of nitrogens with zero attached hydrogens (tertiary/aromatic N) is 1. The second kappa shape index (κ2) is 5.12. The number of nitrogens with one attached hydrogen (secondary N) is 1. The Morgan fingerprint density at radius 2 is 2.43 bits per heavy atom. The molecule has 1 aromatic heterocycles. The molecule has 0 fully saturated rings. The second-order valence-electron chi connectivity index (χ2n) is 3.34. The van der Waals surface area contributed by atoms with Gasteiger partial charge in [0.15, 0.2) is 0 Å². The highest BCUT2D eigenvalue weighted by atomic mass is 32.1. The Balaban J connectivity index is 2.49. The maximum atomic E-state index is 11.3. The van der Waals surface area contributed by atoms with Crippen molar-refractivity contribution in [3.63, 3.8) is 0 Å². The monoisotopic (exact) mass is 212 g/mol. The highest BCUT2D eigenvalue weighted by Crippen LogP contribution is 2.10. The van der Waals surface area contributed by atoms with Crippen molar-refractivity contribution < 1.29 is 4.79 Å². The number of thiophene rings is 1. The van der Waals surface area contributed by atoms with Crippen LogP contribution in [0.5, 0.6) is 0 Å². The molecular formula is C10H16N2OS. The van der Waals surface area contributed by atoms with E-state index in [4.69, 9.17) is 0 Å². The van der Waals surface area contributed by atoms with Gasteiger partial charge in [0.1, 0.15) is 0 Å². The highest BCUT2D eigenvalue weighted by Gasteiger charge is 2.16. The molecule has 14 heavy (non-hydrogen) atoms. The molecular weight excluding hydrogens is 196 g/mol. The maximum absolute atomic E-state index is 11.3. The number of hydrogen-bond donors (Lipinski definition) is 1. The van der Waals surface area contributed by atoms with Gasteiger partial charge in [0, 0.05) is 13.6 Å². The molecule has 0 aliphatic heterocycles. The van der Waals surface area contributed by atoms with Crippen LogP contribution in [-0.2, 0) is 11.3 Å². The van der Waals surface area contributed by atoms with Crippen LogP contribution in [-0.4, -0.2) is 30.9 Å². The SMILES string of the molecule is CNC(=O)[C@H](C)N(C)Cc1ccsc1. The van der Waals surface area contributed by atoms with E-state index in [0.717, 1.165) is 6.54 Å². The molecule has 1 atom stereocenters. The minimum Gasteiger partial charge on any atom is -0.358 e. The molecule has 0 radical (unpaired) electrons. The van der Waals surface area contributed by atoms with E-state index in [1.807, 2.05) is 24.3 Å². The number of amides is 1. The molecule has 1 heterocycles. The largest absolute Gasteiger partial charge is 0.358 e. The Kier molecular flexibility index (Phi) is 4.10. The summed E-state index contributed by atoms with van der Waals surface area (Å²) < 4.78 is 0. The van der Waals surface area contributed by atoms with E-state index in [2.05, 4.69) is 16.8 Å². The van der Waals surface area contributed by atoms with Gasteiger partial charge in [0.05, 0.1) is 6.04 Å². The average molecular weight is 212 g/mol. The summed E-state index contributed by atoms with van der Waals surface area (Å²) >= 11 is 1.68. The molecule has 0 unspecified atom stereocenters. The lowest BCUT2D eigenvalue weighted by Gasteiger charge is -2.22. The van der Waals surface area contributed by atoms with Crippen molar-refractivity contribution in [2.75, 3.05) is 14.1 Å². The molecule has 0 saturated heterocycles. The van der Waals surface area contributed by atoms with Crippen LogP contribution in [0.2, 0.25) is 0 Å². The third-order valence-corrected chi connectivity index (χ3v) is 3.03. The fourth-order valence-electron chi connectivity index (χ4n) is 1.22. The molecule has 3 nitrogen and oxygen atoms in total. The summed E-state index contributed by atoms with van der Waals surface area (Å²) in [7, 11) is 3.62. The van der Waals surface area contributed by atoms with Crippen molar-refractivity contribution in [2.45, 2.75) is 19.5 Å². The second-order valence-corrected chi connectivity index (χ2v) is 4.12. The molecule has 0 saturated carbocycles. The zero-order chi connectivity index (χ0) is 10.6. The predicted octanol–water partition coefficient (Wildman–Crippen LogP) is 1.31. The minimum absolute atomic E-state index is 0.0581. The Bertz CT molecular complexity index is 284. The maximum Gasteiger partial charge on any atom is 0.236 e. The molecule has 1 N–H and O–H groups in total. The standard InChI is InChI=1S/C10H16N2OS/c1-8(10(13)11-2)12(3)6-9-4-5-14-7-9/h4-5,7-8H,6H2,1-3H3,(H,11,13)/t8-/m0/s1. The van der Waals surface area contributed by atoms with E-state index in [-0.39, 0.29) is 11.9 Å². The Morgan fingerprint density at radius 3 is 2.93 bits per heavy atom. The average Bonchev–Trinajstić information content (AvgIpc) is 2.68. The molecule has 1 aromatic rings. The van der Waals surface area contributed by atoms with Crippen molar-refractivity contribution in [1.82, 2.24) is 10.2 Å². The number of likely N-dealkylation sites (N-methyl/N-ethyl adjacent to an activating group) is 2. The quantitative estimate of drug-likeness (QED) is 0.816. The van der Waals surface area contributed by atoms with E-state index >= 15 is 0 Å². The zero-order valence-electron chi connectivity index (χ0n) is 8.78. The smallest absolute Gasteiger partial charge is 0.236 e. The van der Waals surface area contributed by atoms with E-state index in [0.29, 0.717) is 0 Å². The summed E-state index contributed by atoms with van der Waals surface area (Å²) in [5.74, 6) is 0.0581. The summed E-state index contributed by atoms with van der Waals surface area (Å²) in [4.78, 5) is 13.4. The van der Waals surface area contributed by atoms with Gasteiger partial charge in [-0.3, -0.25) is 9.69 Å². The topological polar surface area (TPSA) is 32.3 Å². The van der Waals surface area contributed by atoms with Gasteiger partial charge in [0.25, 0.3) is 0 Å². The summed E-state index contributed by atoms with van der Waals surface area (Å²) in [6.45, 7) is 2.73. The van der Waals surface area contributed by atoms with E-state index in [1.165, 1.54) is 5.56 Å². The number of rotatable bonds is 4. The predicted molar refractivity (Wildman–Crippen MR) is 59.3 cm³/mol. The van der Waals surface area contributed by atoms with Gasteiger partial charge in [-0.05, 0) is 36.4 Å². The van der Waals surface area contributed by atoms with Crippen LogP contribution in [0.15, 0.2) is 16.8 Å². The van der Waals surface area contributed by atoms with Gasteiger partial charge in [-0.25, -0.2) is 0 Å². The first-order valence-electron chi connectivity index (χ1n) is 4.58. The molecule has 0 aromatic carbocycles. The van der Waals surface area contributed by atoms with Gasteiger partial charge in [0.2, 0.25) is 5.91 Å². The van der Waals surface area contributed by atoms with Gasteiger partial charge in [-0.15, -0.1) is 0 Å². The van der Waals surface area contributed by atoms with Crippen molar-refractivity contribution in [3.05, 3.63) is 22.4 Å². The summed E-state index contributed by atoms with van der Waals surface area (Å²) in [5.41, 5.74) is 1.26. The summed E-state index contributed by atoms with van der Waals surface area (Å²) in [6, 6.07) is 2.00. The first-order chi connectivity index (χ1) is 6.65. The molecule has 0 bridgehead atoms. The van der Waals surface area contributed by atoms with Crippen LogP contribution in [0.25, 0.3) is 0 Å². The van der Waals surface area contributed by atoms with Crippen LogP contribution in [0.3, 0.4) is 0 Å². The van der Waals surface area contributed by atoms with Crippen LogP contribution >= 0.6 is 11.3 Å². The van der Waals surface area contributed by atoms with E-state index < -0.39 is 0 Å². The fourth-order valence-corrected chi connectivity index (χ4v) is 1.88. The van der Waals surface area contributed by atoms with Crippen molar-refractivity contribution >= 4 is 17.2 Å². The molecule has 4 heteroatoms. The highest BCUT2D eigenvalue weighted by molar-refractivity contribution is 7.07. The third kappa shape index (κ3) is 2.82. The van der Waals surface area contributed by atoms with Crippen molar-refractivity contribution in [3.8, 4) is 0 Å². The van der Waals surface area contributed by atoms with Crippen LogP contribution in [0.4, 0.5) is 0 Å². The van der Waals surface area contributed by atoms with Gasteiger partial charge in [-0.1, -0.05) is 0 Å². The lowest BCUT2D eigenvalue weighted by atomic mass is 10.2. The number of carbonyl (C=O) groups excluding carboxylic acids is 1. The van der Waals surface area contributed by atoms with E-state index in [9.17, 15) is 4.79 Å². The molecule has 78 valence electrons. The lowest BCUT2D eigenvalue weighted by molar-refractivity contribution is -0.125. The number of carbonyl (C=O) groups is 1. The van der Waals surface area contributed by atoms with Crippen LogP contribution in [0, 0.1) is 0 Å². The van der Waals surface area contributed by atoms with Gasteiger partial charge < -0.3 is 5.32 Å². The molecule has 1 rings (SSSR count). The van der Waals surface area contributed by atoms with Gasteiger partial charge in [-0.2, -0.15) is 11.3 Å². The summed E-state index contributed by atoms with van der Waals surface area (Å²) in [5, 5.41) is 6.80. The zero-order valence-corrected chi connectivity index (χ0v) is 9.60. The van der Waals surface area contributed by atoms with Crippen LogP contribution in [0.1, 0.15) is 12.5 Å². The minimum atomic E-state index is -0.0834. The van der Waals surface area contributed by atoms with Gasteiger partial charge >= 0.3 is 0 Å². The first-order valence-corrected chi connectivity index (χ1v) is 5.52. The molecule has 1 amide bonds. The third-order valence-electron chi connectivity index (χ3n) is 2.30. The lowest BCUT2D eigenvalue weighted by Crippen LogP contribution is -2.41. The van der Waals surface area contributed by atoms with Crippen molar-refractivity contribution in [1.29, 1.82) is 0 Å². The van der Waals surface area contributed by atoms with Crippen molar-refractivity contribution in [2.24, 2.45) is 0 Å². The first kappa shape index (κ1) is 11.2. The Hall–Kier alpha value is -0.870. The normalized spacial score (nSPS) is 12.9. The summed E-state index contributed by atoms with van der Waals surface area (Å²) in [6.07, 6.45) is 0. The number of hydrogen-bond acceptors (Lipinski definition) is 3. The molecule has 0 spiro atoms. The Morgan fingerprint density at radius 1 is 1.71 bits per heavy atom. The van der Waals surface area contributed by atoms with E-state index in [1.54, 1.807) is 18.4 Å². The van der Waals surface area contributed by atoms with Crippen LogP contribution < -0.4 is 5.32 Å². The molecule has 0 aliphatic carbocycles. The fraction of sp³-hybridized carbons (Fsp3) is 0.500. The molecule has 0 aliphatic rings.